The van der Waals surface area contributed by atoms with Crippen LogP contribution >= 0.6 is 11.6 Å². The van der Waals surface area contributed by atoms with E-state index in [1.807, 2.05) is 26.8 Å². The standard InChI is InChI=1S/C15H19ClO3/c1-5-10(6-14(17)18)13-8-11(16)7-12(9(2)3)15(13)19-4/h6-9H,5H2,1-4H3,(H,17,18)/b10-6+. The zero-order valence-corrected chi connectivity index (χ0v) is 12.4. The second-order valence-electron chi connectivity index (χ2n) is 4.59. The summed E-state index contributed by atoms with van der Waals surface area (Å²) >= 11 is 6.13. The largest absolute Gasteiger partial charge is 0.496 e. The van der Waals surface area contributed by atoms with Gasteiger partial charge >= 0.3 is 5.97 Å². The predicted molar refractivity (Wildman–Crippen MR) is 78.0 cm³/mol. The lowest BCUT2D eigenvalue weighted by molar-refractivity contribution is -0.131. The van der Waals surface area contributed by atoms with Crippen LogP contribution in [0.3, 0.4) is 0 Å². The second kappa shape index (κ2) is 6.62. The van der Waals surface area contributed by atoms with Gasteiger partial charge in [0.25, 0.3) is 0 Å². The fourth-order valence-corrected chi connectivity index (χ4v) is 2.26. The smallest absolute Gasteiger partial charge is 0.328 e. The van der Waals surface area contributed by atoms with Crippen LogP contribution in [0, 0.1) is 0 Å². The molecule has 1 rings (SSSR count). The van der Waals surface area contributed by atoms with Gasteiger partial charge in [-0.3, -0.25) is 0 Å². The number of allylic oxidation sites excluding steroid dienone is 1. The lowest BCUT2D eigenvalue weighted by atomic mass is 9.94. The van der Waals surface area contributed by atoms with Crippen molar-refractivity contribution in [2.45, 2.75) is 33.1 Å². The summed E-state index contributed by atoms with van der Waals surface area (Å²) in [6, 6.07) is 3.62. The molecule has 0 fully saturated rings. The minimum Gasteiger partial charge on any atom is -0.496 e. The fourth-order valence-electron chi connectivity index (χ4n) is 2.03. The molecule has 0 radical (unpaired) electrons. The monoisotopic (exact) mass is 282 g/mol. The minimum atomic E-state index is -0.968. The number of carboxylic acid groups (broad SMARTS) is 1. The van der Waals surface area contributed by atoms with Crippen molar-refractivity contribution >= 4 is 23.1 Å². The van der Waals surface area contributed by atoms with Crippen LogP contribution in [0.4, 0.5) is 0 Å². The third kappa shape index (κ3) is 3.74. The third-order valence-electron chi connectivity index (χ3n) is 2.93. The molecule has 4 heteroatoms. The molecule has 0 saturated carbocycles. The minimum absolute atomic E-state index is 0.246. The predicted octanol–water partition coefficient (Wildman–Crippen LogP) is 4.35. The van der Waals surface area contributed by atoms with E-state index >= 15 is 0 Å². The number of ether oxygens (including phenoxy) is 1. The van der Waals surface area contributed by atoms with Crippen molar-refractivity contribution in [3.63, 3.8) is 0 Å². The van der Waals surface area contributed by atoms with E-state index in [0.29, 0.717) is 22.8 Å². The van der Waals surface area contributed by atoms with Gasteiger partial charge in [-0.15, -0.1) is 0 Å². The van der Waals surface area contributed by atoms with E-state index in [-0.39, 0.29) is 5.92 Å². The van der Waals surface area contributed by atoms with E-state index in [1.54, 1.807) is 13.2 Å². The first kappa shape index (κ1) is 15.6. The van der Waals surface area contributed by atoms with E-state index in [4.69, 9.17) is 21.4 Å². The van der Waals surface area contributed by atoms with Gasteiger partial charge in [-0.1, -0.05) is 32.4 Å². The van der Waals surface area contributed by atoms with Crippen molar-refractivity contribution in [3.8, 4) is 5.75 Å². The van der Waals surface area contributed by atoms with Crippen LogP contribution in [0.5, 0.6) is 5.75 Å². The lowest BCUT2D eigenvalue weighted by Gasteiger charge is -2.18. The highest BCUT2D eigenvalue weighted by molar-refractivity contribution is 6.31. The number of methoxy groups -OCH3 is 1. The zero-order chi connectivity index (χ0) is 14.6. The Labute approximate surface area is 118 Å². The van der Waals surface area contributed by atoms with Gasteiger partial charge in [0.2, 0.25) is 0 Å². The highest BCUT2D eigenvalue weighted by Crippen LogP contribution is 2.37. The lowest BCUT2D eigenvalue weighted by Crippen LogP contribution is -2.00. The molecule has 3 nitrogen and oxygen atoms in total. The van der Waals surface area contributed by atoms with Crippen molar-refractivity contribution in [3.05, 3.63) is 34.4 Å². The Morgan fingerprint density at radius 2 is 2.11 bits per heavy atom. The second-order valence-corrected chi connectivity index (χ2v) is 5.03. The number of hydrogen-bond acceptors (Lipinski definition) is 2. The molecule has 1 N–H and O–H groups in total. The maximum absolute atomic E-state index is 10.9. The third-order valence-corrected chi connectivity index (χ3v) is 3.15. The normalized spacial score (nSPS) is 11.8. The Morgan fingerprint density at radius 1 is 1.47 bits per heavy atom. The molecule has 1 aromatic rings. The molecule has 0 atom stereocenters. The topological polar surface area (TPSA) is 46.5 Å². The first-order chi connectivity index (χ1) is 8.90. The Hall–Kier alpha value is -1.48. The van der Waals surface area contributed by atoms with Crippen molar-refractivity contribution in [1.29, 1.82) is 0 Å². The van der Waals surface area contributed by atoms with Gasteiger partial charge in [0, 0.05) is 16.7 Å². The van der Waals surface area contributed by atoms with Gasteiger partial charge in [0.15, 0.2) is 0 Å². The van der Waals surface area contributed by atoms with Gasteiger partial charge in [0.1, 0.15) is 5.75 Å². The quantitative estimate of drug-likeness (QED) is 0.817. The first-order valence-corrected chi connectivity index (χ1v) is 6.59. The number of benzene rings is 1. The van der Waals surface area contributed by atoms with Crippen LogP contribution < -0.4 is 4.74 Å². The van der Waals surface area contributed by atoms with E-state index in [1.165, 1.54) is 6.08 Å². The summed E-state index contributed by atoms with van der Waals surface area (Å²) in [5.74, 6) is -0.0194. The molecule has 0 amide bonds. The van der Waals surface area contributed by atoms with Gasteiger partial charge in [0.05, 0.1) is 7.11 Å². The van der Waals surface area contributed by atoms with Gasteiger partial charge < -0.3 is 9.84 Å². The molecular formula is C15H19ClO3. The van der Waals surface area contributed by atoms with Crippen LogP contribution in [-0.2, 0) is 4.79 Å². The SMILES string of the molecule is CC/C(=C\C(=O)O)c1cc(Cl)cc(C(C)C)c1OC. The molecule has 0 bridgehead atoms. The molecule has 0 aromatic heterocycles. The summed E-state index contributed by atoms with van der Waals surface area (Å²) in [5, 5.41) is 9.52. The van der Waals surface area contributed by atoms with E-state index in [9.17, 15) is 4.79 Å². The molecule has 0 aliphatic heterocycles. The molecule has 0 unspecified atom stereocenters. The molecule has 0 aliphatic carbocycles. The Kier molecular flexibility index (Phi) is 5.43. The summed E-state index contributed by atoms with van der Waals surface area (Å²) in [5.41, 5.74) is 2.44. The molecule has 19 heavy (non-hydrogen) atoms. The number of hydrogen-bond donors (Lipinski definition) is 1. The summed E-state index contributed by atoms with van der Waals surface area (Å²) in [7, 11) is 1.59. The summed E-state index contributed by atoms with van der Waals surface area (Å²) in [6.07, 6.45) is 1.80. The highest BCUT2D eigenvalue weighted by atomic mass is 35.5. The van der Waals surface area contributed by atoms with Crippen molar-refractivity contribution < 1.29 is 14.6 Å². The molecule has 0 aliphatic rings. The van der Waals surface area contributed by atoms with Crippen LogP contribution in [0.15, 0.2) is 18.2 Å². The van der Waals surface area contributed by atoms with Crippen molar-refractivity contribution in [2.24, 2.45) is 0 Å². The maximum Gasteiger partial charge on any atom is 0.328 e. The fraction of sp³-hybridized carbons (Fsp3) is 0.400. The summed E-state index contributed by atoms with van der Waals surface area (Å²) < 4.78 is 5.46. The Bertz CT molecular complexity index is 504. The van der Waals surface area contributed by atoms with Gasteiger partial charge in [-0.2, -0.15) is 0 Å². The van der Waals surface area contributed by atoms with Gasteiger partial charge in [-0.05, 0) is 35.6 Å². The van der Waals surface area contributed by atoms with Crippen molar-refractivity contribution in [1.82, 2.24) is 0 Å². The van der Waals surface area contributed by atoms with Gasteiger partial charge in [-0.25, -0.2) is 4.79 Å². The molecular weight excluding hydrogens is 264 g/mol. The Morgan fingerprint density at radius 3 is 2.53 bits per heavy atom. The number of aliphatic carboxylic acids is 1. The average Bonchev–Trinajstić information content (AvgIpc) is 2.34. The maximum atomic E-state index is 10.9. The van der Waals surface area contributed by atoms with E-state index < -0.39 is 5.97 Å². The van der Waals surface area contributed by atoms with Crippen LogP contribution in [0.1, 0.15) is 44.2 Å². The average molecular weight is 283 g/mol. The summed E-state index contributed by atoms with van der Waals surface area (Å²) in [4.78, 5) is 10.9. The number of halogens is 1. The molecule has 0 heterocycles. The number of rotatable bonds is 5. The van der Waals surface area contributed by atoms with Crippen LogP contribution in [0.2, 0.25) is 5.02 Å². The summed E-state index contributed by atoms with van der Waals surface area (Å²) in [6.45, 7) is 6.00. The van der Waals surface area contributed by atoms with E-state index in [2.05, 4.69) is 0 Å². The Balaban J connectivity index is 3.53. The highest BCUT2D eigenvalue weighted by Gasteiger charge is 2.16. The van der Waals surface area contributed by atoms with E-state index in [0.717, 1.165) is 11.1 Å². The first-order valence-electron chi connectivity index (χ1n) is 6.22. The molecule has 0 saturated heterocycles. The van der Waals surface area contributed by atoms with Crippen LogP contribution in [0.25, 0.3) is 5.57 Å². The van der Waals surface area contributed by atoms with Crippen molar-refractivity contribution in [2.75, 3.05) is 7.11 Å². The zero-order valence-electron chi connectivity index (χ0n) is 11.7. The molecule has 1 aromatic carbocycles. The molecule has 0 spiro atoms. The van der Waals surface area contributed by atoms with Crippen LogP contribution in [-0.4, -0.2) is 18.2 Å². The number of carboxylic acids is 1. The number of carbonyl (C=O) groups is 1. The molecule has 104 valence electrons.